The maximum Gasteiger partial charge on any atom is 0.220 e. The van der Waals surface area contributed by atoms with E-state index in [9.17, 15) is 11.8 Å². The minimum atomic E-state index is 0.387. The van der Waals surface area contributed by atoms with Gasteiger partial charge in [0.2, 0.25) is 5.69 Å². The van der Waals surface area contributed by atoms with Gasteiger partial charge in [0.25, 0.3) is 0 Å². The monoisotopic (exact) mass is 881 g/mol. The first-order chi connectivity index (χ1) is 33.7. The summed E-state index contributed by atoms with van der Waals surface area (Å²) in [7, 11) is 0. The number of benzene rings is 10. The molecule has 0 radical (unpaired) electrons. The molecule has 68 heavy (non-hydrogen) atoms. The number of thiophene rings is 1. The lowest BCUT2D eigenvalue weighted by atomic mass is 9.88. The largest absolute Gasteiger partial charge is 0.456 e. The summed E-state index contributed by atoms with van der Waals surface area (Å²) >= 11 is 1.77. The number of furan rings is 1. The summed E-state index contributed by atoms with van der Waals surface area (Å²) in [4.78, 5) is 9.50. The quantitative estimate of drug-likeness (QED) is 0.131. The van der Waals surface area contributed by atoms with Crippen LogP contribution < -0.4 is 0 Å². The highest BCUT2D eigenvalue weighted by Gasteiger charge is 2.33. The van der Waals surface area contributed by atoms with Crippen LogP contribution in [-0.4, -0.2) is 14.1 Å². The van der Waals surface area contributed by atoms with Gasteiger partial charge in [0, 0.05) is 70.5 Å². The number of nitrogens with zero attached hydrogens (tertiary/aromatic N) is 5. The molecule has 0 amide bonds. The Morgan fingerprint density at radius 1 is 0.500 bits per heavy atom. The van der Waals surface area contributed by atoms with Crippen LogP contribution in [0, 0.1) is 17.9 Å². The molecule has 0 spiro atoms. The molecule has 0 bridgehead atoms. The second kappa shape index (κ2) is 13.6. The van der Waals surface area contributed by atoms with Crippen LogP contribution in [-0.2, 0) is 0 Å². The van der Waals surface area contributed by atoms with Crippen LogP contribution in [0.25, 0.3) is 146 Å². The molecule has 10 aromatic carbocycles. The van der Waals surface area contributed by atoms with Crippen LogP contribution in [0.1, 0.15) is 5.56 Å². The number of para-hydroxylation sites is 1. The van der Waals surface area contributed by atoms with Crippen molar-refractivity contribution in [2.45, 2.75) is 0 Å². The van der Waals surface area contributed by atoms with Crippen molar-refractivity contribution >= 4 is 124 Å². The third-order valence-electron chi connectivity index (χ3n) is 14.2. The SMILES string of the molecule is [C-]#[N+]c1c(-c2ccccc2)c(C#N)c(-n2c3cc4c(cc3c3ccc5c6ccccc6sc5c32)oc2ccccc24)c(-c2ccccc2)c1-n1c2cccc3c4ccccc4c4cncc1c4c32. The second-order valence-electron chi connectivity index (χ2n) is 17.5. The van der Waals surface area contributed by atoms with E-state index in [-0.39, 0.29) is 0 Å². The number of pyridine rings is 1. The predicted molar refractivity (Wildman–Crippen MR) is 281 cm³/mol. The van der Waals surface area contributed by atoms with E-state index in [1.807, 2.05) is 79.1 Å². The summed E-state index contributed by atoms with van der Waals surface area (Å²) in [5.74, 6) is 0. The minimum Gasteiger partial charge on any atom is -0.456 e. The number of aromatic nitrogens is 3. The average Bonchev–Trinajstić information content (AvgIpc) is 4.15. The summed E-state index contributed by atoms with van der Waals surface area (Å²) in [6, 6.07) is 63.8. The first kappa shape index (κ1) is 37.0. The molecule has 7 heteroatoms. The van der Waals surface area contributed by atoms with Gasteiger partial charge in [-0.05, 0) is 57.6 Å². The number of hydrogen-bond donors (Lipinski definition) is 0. The Morgan fingerprint density at radius 2 is 1.16 bits per heavy atom. The van der Waals surface area contributed by atoms with E-state index in [4.69, 9.17) is 9.40 Å². The zero-order valence-corrected chi connectivity index (χ0v) is 36.8. The molecular formula is C61H31N5OS. The summed E-state index contributed by atoms with van der Waals surface area (Å²) in [6.45, 7) is 9.32. The zero-order chi connectivity index (χ0) is 44.8. The van der Waals surface area contributed by atoms with Gasteiger partial charge < -0.3 is 13.6 Å². The van der Waals surface area contributed by atoms with E-state index in [2.05, 4.69) is 129 Å². The van der Waals surface area contributed by atoms with Crippen LogP contribution in [0.4, 0.5) is 5.69 Å². The Hall–Kier alpha value is -9.27. The van der Waals surface area contributed by atoms with E-state index in [1.54, 1.807) is 11.3 Å². The average molecular weight is 882 g/mol. The molecule has 0 aliphatic rings. The van der Waals surface area contributed by atoms with Crippen molar-refractivity contribution in [2.24, 2.45) is 0 Å². The molecule has 0 aliphatic carbocycles. The Kier molecular flexibility index (Phi) is 7.42. The van der Waals surface area contributed by atoms with Gasteiger partial charge in [-0.3, -0.25) is 4.98 Å². The molecule has 0 fully saturated rings. The van der Waals surface area contributed by atoms with Crippen molar-refractivity contribution < 1.29 is 4.42 Å². The number of fused-ring (bicyclic) bond motifs is 13. The first-order valence-corrected chi connectivity index (χ1v) is 23.4. The van der Waals surface area contributed by atoms with Gasteiger partial charge >= 0.3 is 0 Å². The molecule has 5 heterocycles. The van der Waals surface area contributed by atoms with Gasteiger partial charge in [-0.2, -0.15) is 5.26 Å². The molecule has 0 atom stereocenters. The molecule has 0 unspecified atom stereocenters. The van der Waals surface area contributed by atoms with Crippen molar-refractivity contribution in [3.8, 4) is 39.7 Å². The lowest BCUT2D eigenvalue weighted by molar-refractivity contribution is 0.669. The fourth-order valence-electron chi connectivity index (χ4n) is 11.5. The number of hydrogen-bond acceptors (Lipinski definition) is 4. The standard InChI is InChI=1S/C61H31N5OS/c1-63-57-53(34-15-4-2-5-16-34)45(31-62)58(54(35-17-6-3-7-18-35)60(57)65-47-24-14-23-40-36-19-8-9-20-37(36)46-32-64-33-49(65)56(46)55(40)47)66-48-29-44-38-21-10-12-25-50(38)67-51(44)30-43(48)41-27-28-42-39-22-11-13-26-52(39)68-61(42)59(41)66/h2-30,32-33H. The lowest BCUT2D eigenvalue weighted by Crippen LogP contribution is -2.09. The fourth-order valence-corrected chi connectivity index (χ4v) is 12.7. The van der Waals surface area contributed by atoms with E-state index in [1.165, 1.54) is 10.1 Å². The predicted octanol–water partition coefficient (Wildman–Crippen LogP) is 17.0. The highest BCUT2D eigenvalue weighted by molar-refractivity contribution is 7.26. The molecule has 5 aromatic heterocycles. The van der Waals surface area contributed by atoms with Crippen molar-refractivity contribution in [3.63, 3.8) is 0 Å². The van der Waals surface area contributed by atoms with E-state index < -0.39 is 0 Å². The molecule has 312 valence electrons. The highest BCUT2D eigenvalue weighted by Crippen LogP contribution is 2.54. The van der Waals surface area contributed by atoms with Gasteiger partial charge in [0.05, 0.1) is 56.5 Å². The maximum absolute atomic E-state index is 12.1. The Bertz CT molecular complexity index is 4660. The van der Waals surface area contributed by atoms with Crippen molar-refractivity contribution in [3.05, 3.63) is 205 Å². The van der Waals surface area contributed by atoms with Gasteiger partial charge in [-0.15, -0.1) is 11.3 Å². The third kappa shape index (κ3) is 4.74. The molecule has 0 saturated heterocycles. The molecular weight excluding hydrogens is 851 g/mol. The number of nitriles is 1. The molecule has 0 N–H and O–H groups in total. The Morgan fingerprint density at radius 3 is 1.94 bits per heavy atom. The van der Waals surface area contributed by atoms with E-state index >= 15 is 0 Å². The van der Waals surface area contributed by atoms with E-state index in [0.717, 1.165) is 114 Å². The van der Waals surface area contributed by atoms with Gasteiger partial charge in [-0.1, -0.05) is 146 Å². The Labute approximate surface area is 391 Å². The van der Waals surface area contributed by atoms with Gasteiger partial charge in [0.1, 0.15) is 17.2 Å². The molecule has 15 aromatic rings. The van der Waals surface area contributed by atoms with E-state index in [0.29, 0.717) is 28.2 Å². The highest BCUT2D eigenvalue weighted by atomic mass is 32.1. The smallest absolute Gasteiger partial charge is 0.220 e. The Balaban J connectivity index is 1.25. The topological polar surface area (TPSA) is 64.0 Å². The summed E-state index contributed by atoms with van der Waals surface area (Å²) in [6.07, 6.45) is 3.92. The third-order valence-corrected chi connectivity index (χ3v) is 15.4. The second-order valence-corrected chi connectivity index (χ2v) is 18.6. The van der Waals surface area contributed by atoms with Crippen molar-refractivity contribution in [2.75, 3.05) is 0 Å². The first-order valence-electron chi connectivity index (χ1n) is 22.5. The summed E-state index contributed by atoms with van der Waals surface area (Å²) < 4.78 is 13.5. The fraction of sp³-hybridized carbons (Fsp3) is 0. The van der Waals surface area contributed by atoms with Crippen LogP contribution in [0.5, 0.6) is 0 Å². The molecule has 6 nitrogen and oxygen atoms in total. The van der Waals surface area contributed by atoms with Gasteiger partial charge in [-0.25, -0.2) is 4.85 Å². The van der Waals surface area contributed by atoms with Crippen LogP contribution in [0.15, 0.2) is 193 Å². The molecule has 0 aliphatic heterocycles. The summed E-state index contributed by atoms with van der Waals surface area (Å²) in [5.41, 5.74) is 10.6. The van der Waals surface area contributed by atoms with Gasteiger partial charge in [0.15, 0.2) is 0 Å². The number of rotatable bonds is 4. The normalized spacial score (nSPS) is 12.1. The maximum atomic E-state index is 12.1. The van der Waals surface area contributed by atoms with Crippen LogP contribution in [0.2, 0.25) is 0 Å². The molecule has 0 saturated carbocycles. The van der Waals surface area contributed by atoms with Crippen molar-refractivity contribution in [1.82, 2.24) is 14.1 Å². The zero-order valence-electron chi connectivity index (χ0n) is 36.0. The minimum absolute atomic E-state index is 0.387. The lowest BCUT2D eigenvalue weighted by Gasteiger charge is -2.25. The summed E-state index contributed by atoms with van der Waals surface area (Å²) in [5, 5.41) is 25.1. The van der Waals surface area contributed by atoms with Crippen LogP contribution in [0.3, 0.4) is 0 Å². The molecule has 15 rings (SSSR count). The van der Waals surface area contributed by atoms with Crippen LogP contribution >= 0.6 is 11.3 Å². The van der Waals surface area contributed by atoms with Crippen molar-refractivity contribution in [1.29, 1.82) is 5.26 Å².